The first-order valence-corrected chi connectivity index (χ1v) is 6.15. The zero-order valence-electron chi connectivity index (χ0n) is 10.7. The lowest BCUT2D eigenvalue weighted by atomic mass is 9.87. The molecule has 0 radical (unpaired) electrons. The van der Waals surface area contributed by atoms with Crippen LogP contribution in [0.1, 0.15) is 19.8 Å². The molecular formula is C11H21N3O2S. The summed E-state index contributed by atoms with van der Waals surface area (Å²) in [7, 11) is 3.55. The summed E-state index contributed by atoms with van der Waals surface area (Å²) in [5, 5.41) is 2.95. The van der Waals surface area contributed by atoms with Crippen molar-refractivity contribution in [2.24, 2.45) is 5.73 Å². The number of amides is 1. The third-order valence-corrected chi connectivity index (χ3v) is 3.79. The van der Waals surface area contributed by atoms with Crippen LogP contribution in [0, 0.1) is 0 Å². The van der Waals surface area contributed by atoms with Gasteiger partial charge in [0.25, 0.3) is 0 Å². The van der Waals surface area contributed by atoms with Crippen molar-refractivity contribution in [1.82, 2.24) is 10.2 Å². The number of methoxy groups -OCH3 is 1. The van der Waals surface area contributed by atoms with Gasteiger partial charge in [-0.3, -0.25) is 4.79 Å². The molecule has 1 unspecified atom stereocenters. The first-order chi connectivity index (χ1) is 7.91. The van der Waals surface area contributed by atoms with Gasteiger partial charge < -0.3 is 20.7 Å². The topological polar surface area (TPSA) is 67.6 Å². The molecule has 1 atom stereocenters. The Morgan fingerprint density at radius 1 is 1.53 bits per heavy atom. The van der Waals surface area contributed by atoms with E-state index in [-0.39, 0.29) is 5.91 Å². The van der Waals surface area contributed by atoms with Gasteiger partial charge in [-0.25, -0.2) is 0 Å². The van der Waals surface area contributed by atoms with Crippen LogP contribution in [-0.4, -0.2) is 54.7 Å². The second kappa shape index (κ2) is 5.75. The normalized spacial score (nSPS) is 21.8. The predicted molar refractivity (Wildman–Crippen MR) is 70.9 cm³/mol. The van der Waals surface area contributed by atoms with Gasteiger partial charge in [-0.2, -0.15) is 0 Å². The number of carbonyl (C=O) groups excluding carboxylic acids is 1. The van der Waals surface area contributed by atoms with Crippen LogP contribution >= 0.6 is 12.2 Å². The molecule has 1 fully saturated rings. The summed E-state index contributed by atoms with van der Waals surface area (Å²) in [6.07, 6.45) is 1.02. The molecule has 0 aromatic carbocycles. The zero-order valence-corrected chi connectivity index (χ0v) is 11.5. The molecule has 0 bridgehead atoms. The van der Waals surface area contributed by atoms with Crippen molar-refractivity contribution in [2.45, 2.75) is 31.4 Å². The van der Waals surface area contributed by atoms with Crippen LogP contribution in [0.15, 0.2) is 0 Å². The summed E-state index contributed by atoms with van der Waals surface area (Å²) in [6, 6.07) is 0. The molecule has 0 saturated carbocycles. The molecule has 0 aromatic heterocycles. The highest BCUT2D eigenvalue weighted by Gasteiger charge is 2.38. The molecule has 0 spiro atoms. The number of likely N-dealkylation sites (tertiary alicyclic amines) is 1. The van der Waals surface area contributed by atoms with Gasteiger partial charge in [0.05, 0.1) is 10.5 Å². The predicted octanol–water partition coefficient (Wildman–Crippen LogP) is -0.112. The highest BCUT2D eigenvalue weighted by Crippen LogP contribution is 2.22. The average Bonchev–Trinajstić information content (AvgIpc) is 2.30. The number of piperidine rings is 1. The molecule has 0 aliphatic carbocycles. The number of nitrogens with one attached hydrogen (secondary N) is 1. The fourth-order valence-electron chi connectivity index (χ4n) is 1.88. The lowest BCUT2D eigenvalue weighted by Crippen LogP contribution is -2.62. The number of nitrogens with two attached hydrogens (primary N) is 1. The van der Waals surface area contributed by atoms with Crippen molar-refractivity contribution in [3.8, 4) is 0 Å². The minimum absolute atomic E-state index is 0.162. The monoisotopic (exact) mass is 259 g/mol. The maximum absolute atomic E-state index is 11.9. The van der Waals surface area contributed by atoms with Crippen molar-refractivity contribution in [2.75, 3.05) is 27.2 Å². The van der Waals surface area contributed by atoms with E-state index in [1.165, 1.54) is 7.11 Å². The number of rotatable bonds is 4. The minimum atomic E-state index is -0.550. The van der Waals surface area contributed by atoms with Gasteiger partial charge in [-0.1, -0.05) is 12.2 Å². The van der Waals surface area contributed by atoms with Crippen molar-refractivity contribution < 1.29 is 9.53 Å². The highest BCUT2D eigenvalue weighted by atomic mass is 32.1. The first kappa shape index (κ1) is 14.3. The third-order valence-electron chi connectivity index (χ3n) is 3.40. The molecule has 3 N–H and O–H groups in total. The number of nitrogens with zero attached hydrogens (tertiary/aromatic N) is 1. The molecule has 5 nitrogen and oxygen atoms in total. The quantitative estimate of drug-likeness (QED) is 0.690. The van der Waals surface area contributed by atoms with Crippen LogP contribution in [0.25, 0.3) is 0 Å². The molecule has 0 aromatic rings. The fourth-order valence-corrected chi connectivity index (χ4v) is 2.13. The molecule has 1 amide bonds. The van der Waals surface area contributed by atoms with Gasteiger partial charge in [0.2, 0.25) is 5.91 Å². The van der Waals surface area contributed by atoms with Gasteiger partial charge in [0, 0.05) is 20.2 Å². The van der Waals surface area contributed by atoms with E-state index in [1.807, 2.05) is 7.05 Å². The number of carbonyl (C=O) groups is 1. The summed E-state index contributed by atoms with van der Waals surface area (Å²) in [5.74, 6) is -0.162. The Hall–Kier alpha value is -0.720. The van der Waals surface area contributed by atoms with Crippen LogP contribution < -0.4 is 11.1 Å². The van der Waals surface area contributed by atoms with E-state index >= 15 is 0 Å². The lowest BCUT2D eigenvalue weighted by molar-refractivity contribution is -0.131. The molecule has 1 aliphatic heterocycles. The van der Waals surface area contributed by atoms with E-state index in [2.05, 4.69) is 10.2 Å². The first-order valence-electron chi connectivity index (χ1n) is 5.74. The Labute approximate surface area is 108 Å². The van der Waals surface area contributed by atoms with Gasteiger partial charge in [0.15, 0.2) is 0 Å². The van der Waals surface area contributed by atoms with E-state index in [0.29, 0.717) is 4.99 Å². The second-order valence-electron chi connectivity index (χ2n) is 4.62. The van der Waals surface area contributed by atoms with Crippen molar-refractivity contribution in [3.63, 3.8) is 0 Å². The Kier molecular flexibility index (Phi) is 4.85. The third kappa shape index (κ3) is 3.37. The molecule has 17 heavy (non-hydrogen) atoms. The molecule has 1 heterocycles. The Morgan fingerprint density at radius 3 is 2.47 bits per heavy atom. The summed E-state index contributed by atoms with van der Waals surface area (Å²) in [4.78, 5) is 14.4. The van der Waals surface area contributed by atoms with Crippen LogP contribution in [0.2, 0.25) is 0 Å². The largest absolute Gasteiger partial charge is 0.391 e. The molecule has 6 heteroatoms. The standard InChI is InChI=1S/C11H21N3O2S/c1-8(16-3)9(15)13-11(10(12)17)4-6-14(2)7-5-11/h8H,4-7H2,1-3H3,(H2,12,17)(H,13,15). The maximum atomic E-state index is 11.9. The maximum Gasteiger partial charge on any atom is 0.249 e. The van der Waals surface area contributed by atoms with Crippen molar-refractivity contribution >= 4 is 23.1 Å². The van der Waals surface area contributed by atoms with Crippen LogP contribution in [0.3, 0.4) is 0 Å². The van der Waals surface area contributed by atoms with Crippen LogP contribution in [0.5, 0.6) is 0 Å². The summed E-state index contributed by atoms with van der Waals surface area (Å²) in [5.41, 5.74) is 5.25. The second-order valence-corrected chi connectivity index (χ2v) is 5.06. The summed E-state index contributed by atoms with van der Waals surface area (Å²) < 4.78 is 4.99. The van der Waals surface area contributed by atoms with E-state index in [9.17, 15) is 4.79 Å². The van der Waals surface area contributed by atoms with Crippen molar-refractivity contribution in [3.05, 3.63) is 0 Å². The Balaban J connectivity index is 2.73. The molecule has 98 valence electrons. The number of hydrogen-bond acceptors (Lipinski definition) is 4. The van der Waals surface area contributed by atoms with Gasteiger partial charge in [-0.15, -0.1) is 0 Å². The fraction of sp³-hybridized carbons (Fsp3) is 0.818. The van der Waals surface area contributed by atoms with Gasteiger partial charge in [-0.05, 0) is 26.8 Å². The summed E-state index contributed by atoms with van der Waals surface area (Å²) >= 11 is 5.11. The Bertz CT molecular complexity index is 301. The molecule has 1 rings (SSSR count). The van der Waals surface area contributed by atoms with Gasteiger partial charge >= 0.3 is 0 Å². The smallest absolute Gasteiger partial charge is 0.249 e. The van der Waals surface area contributed by atoms with Crippen LogP contribution in [0.4, 0.5) is 0 Å². The summed E-state index contributed by atoms with van der Waals surface area (Å²) in [6.45, 7) is 3.45. The van der Waals surface area contributed by atoms with E-state index in [0.717, 1.165) is 25.9 Å². The number of thiocarbonyl (C=S) groups is 1. The number of ether oxygens (including phenoxy) is 1. The molecule has 1 saturated heterocycles. The lowest BCUT2D eigenvalue weighted by Gasteiger charge is -2.40. The van der Waals surface area contributed by atoms with E-state index < -0.39 is 11.6 Å². The van der Waals surface area contributed by atoms with Crippen LogP contribution in [-0.2, 0) is 9.53 Å². The van der Waals surface area contributed by atoms with E-state index in [4.69, 9.17) is 22.7 Å². The van der Waals surface area contributed by atoms with Gasteiger partial charge in [0.1, 0.15) is 6.10 Å². The molecular weight excluding hydrogens is 238 g/mol. The Morgan fingerprint density at radius 2 is 2.06 bits per heavy atom. The zero-order chi connectivity index (χ0) is 13.1. The number of hydrogen-bond donors (Lipinski definition) is 2. The van der Waals surface area contributed by atoms with E-state index in [1.54, 1.807) is 6.92 Å². The SMILES string of the molecule is COC(C)C(=O)NC1(C(N)=S)CCN(C)CC1. The minimum Gasteiger partial charge on any atom is -0.391 e. The molecule has 1 aliphatic rings. The highest BCUT2D eigenvalue weighted by molar-refractivity contribution is 7.80. The van der Waals surface area contributed by atoms with Crippen molar-refractivity contribution in [1.29, 1.82) is 0 Å². The average molecular weight is 259 g/mol.